The maximum absolute atomic E-state index is 12.5. The molecule has 0 bridgehead atoms. The van der Waals surface area contributed by atoms with Crippen LogP contribution in [0, 0.1) is 0 Å². The second-order valence-corrected chi connectivity index (χ2v) is 5.75. The Morgan fingerprint density at radius 3 is 2.20 bits per heavy atom. The van der Waals surface area contributed by atoms with E-state index < -0.39 is 30.5 Å². The molecule has 1 heterocycles. The number of carbonyl (C=O) groups is 2. The zero-order valence-electron chi connectivity index (χ0n) is 13.0. The third-order valence-electron chi connectivity index (χ3n) is 4.08. The monoisotopic (exact) mass is 362 g/mol. The van der Waals surface area contributed by atoms with Crippen LogP contribution < -0.4 is 0 Å². The van der Waals surface area contributed by atoms with Gasteiger partial charge < -0.3 is 25.1 Å². The molecule has 1 aliphatic heterocycles. The van der Waals surface area contributed by atoms with Crippen molar-refractivity contribution in [3.63, 3.8) is 0 Å². The van der Waals surface area contributed by atoms with Crippen molar-refractivity contribution in [2.24, 2.45) is 0 Å². The van der Waals surface area contributed by atoms with E-state index in [1.165, 1.54) is 12.1 Å². The Morgan fingerprint density at radius 1 is 1.12 bits per heavy atom. The highest BCUT2D eigenvalue weighted by atomic mass is 19.4. The first kappa shape index (κ1) is 18.8. The van der Waals surface area contributed by atoms with E-state index in [9.17, 15) is 33.0 Å². The smallest absolute Gasteiger partial charge is 0.418 e. The molecule has 0 aromatic heterocycles. The molecule has 1 aromatic carbocycles. The molecule has 0 spiro atoms. The van der Waals surface area contributed by atoms with Gasteiger partial charge in [-0.3, -0.25) is 0 Å². The molecule has 0 saturated carbocycles. The van der Waals surface area contributed by atoms with Crippen LogP contribution in [0.2, 0.25) is 0 Å². The molecule has 0 aliphatic carbocycles. The van der Waals surface area contributed by atoms with E-state index in [1.54, 1.807) is 0 Å². The minimum atomic E-state index is -4.77. The fourth-order valence-corrected chi connectivity index (χ4v) is 2.75. The van der Waals surface area contributed by atoms with Crippen LogP contribution in [0.1, 0.15) is 17.2 Å². The zero-order chi connectivity index (χ0) is 18.8. The SMILES string of the molecule is O=C(O)N1CCN(C(=O)O)[C@H](Cc2ccc(C(O)C(F)(F)F)cc2)C1. The van der Waals surface area contributed by atoms with Gasteiger partial charge >= 0.3 is 18.4 Å². The van der Waals surface area contributed by atoms with Crippen molar-refractivity contribution in [2.45, 2.75) is 24.7 Å². The van der Waals surface area contributed by atoms with Crippen LogP contribution in [0.15, 0.2) is 24.3 Å². The summed E-state index contributed by atoms with van der Waals surface area (Å²) in [6, 6.07) is 4.33. The first-order valence-electron chi connectivity index (χ1n) is 7.40. The summed E-state index contributed by atoms with van der Waals surface area (Å²) in [4.78, 5) is 24.6. The van der Waals surface area contributed by atoms with Crippen molar-refractivity contribution in [1.82, 2.24) is 9.80 Å². The molecule has 1 aliphatic rings. The highest BCUT2D eigenvalue weighted by Crippen LogP contribution is 2.32. The number of aliphatic hydroxyl groups is 1. The van der Waals surface area contributed by atoms with Crippen molar-refractivity contribution < 1.29 is 38.1 Å². The number of nitrogens with zero attached hydrogens (tertiary/aromatic N) is 2. The van der Waals surface area contributed by atoms with Gasteiger partial charge in [-0.15, -0.1) is 0 Å². The fourth-order valence-electron chi connectivity index (χ4n) is 2.75. The lowest BCUT2D eigenvalue weighted by molar-refractivity contribution is -0.206. The normalized spacial score (nSPS) is 19.6. The summed E-state index contributed by atoms with van der Waals surface area (Å²) in [5, 5.41) is 27.5. The largest absolute Gasteiger partial charge is 0.465 e. The Morgan fingerprint density at radius 2 is 1.72 bits per heavy atom. The highest BCUT2D eigenvalue weighted by Gasteiger charge is 2.39. The molecule has 138 valence electrons. The van der Waals surface area contributed by atoms with E-state index in [4.69, 9.17) is 5.11 Å². The number of carboxylic acid groups (broad SMARTS) is 2. The summed E-state index contributed by atoms with van der Waals surface area (Å²) in [7, 11) is 0. The second kappa shape index (κ2) is 7.18. The van der Waals surface area contributed by atoms with Gasteiger partial charge in [0.15, 0.2) is 6.10 Å². The standard InChI is InChI=1S/C15H17F3N2O5/c16-15(17,18)12(21)10-3-1-9(2-4-10)7-11-8-19(13(22)23)5-6-20(11)14(24)25/h1-4,11-12,21H,5-8H2,(H,22,23)(H,24,25)/t11-,12?/m1/s1. The van der Waals surface area contributed by atoms with E-state index in [2.05, 4.69) is 0 Å². The Bertz CT molecular complexity index is 635. The van der Waals surface area contributed by atoms with Crippen LogP contribution in [0.25, 0.3) is 0 Å². The maximum atomic E-state index is 12.5. The van der Waals surface area contributed by atoms with Crippen molar-refractivity contribution >= 4 is 12.2 Å². The molecule has 10 heteroatoms. The van der Waals surface area contributed by atoms with Crippen molar-refractivity contribution in [3.8, 4) is 0 Å². The van der Waals surface area contributed by atoms with Crippen LogP contribution in [-0.2, 0) is 6.42 Å². The summed E-state index contributed by atoms with van der Waals surface area (Å²) in [6.45, 7) is 0.0700. The minimum absolute atomic E-state index is 0.0193. The molecule has 2 amide bonds. The van der Waals surface area contributed by atoms with Crippen LogP contribution in [0.5, 0.6) is 0 Å². The Labute approximate surface area is 140 Å². The first-order chi connectivity index (χ1) is 11.6. The maximum Gasteiger partial charge on any atom is 0.418 e. The van der Waals surface area contributed by atoms with Gasteiger partial charge in [0.2, 0.25) is 0 Å². The van der Waals surface area contributed by atoms with Crippen LogP contribution in [0.3, 0.4) is 0 Å². The minimum Gasteiger partial charge on any atom is -0.465 e. The molecule has 2 atom stereocenters. The number of amides is 2. The summed E-state index contributed by atoms with van der Waals surface area (Å²) < 4.78 is 37.5. The van der Waals surface area contributed by atoms with E-state index in [0.29, 0.717) is 5.56 Å². The molecule has 3 N–H and O–H groups in total. The number of aliphatic hydroxyl groups excluding tert-OH is 1. The summed E-state index contributed by atoms with van der Waals surface area (Å²) >= 11 is 0. The number of piperazine rings is 1. The number of hydrogen-bond donors (Lipinski definition) is 3. The molecule has 2 rings (SSSR count). The number of rotatable bonds is 3. The molecule has 1 aromatic rings. The predicted molar refractivity (Wildman–Crippen MR) is 79.3 cm³/mol. The Balaban J connectivity index is 2.12. The molecular weight excluding hydrogens is 345 g/mol. The zero-order valence-corrected chi connectivity index (χ0v) is 13.0. The van der Waals surface area contributed by atoms with Crippen LogP contribution in [-0.4, -0.2) is 69.2 Å². The number of halogens is 3. The number of benzene rings is 1. The number of alkyl halides is 3. The van der Waals surface area contributed by atoms with Gasteiger partial charge in [-0.2, -0.15) is 13.2 Å². The van der Waals surface area contributed by atoms with Crippen molar-refractivity contribution in [2.75, 3.05) is 19.6 Å². The highest BCUT2D eigenvalue weighted by molar-refractivity contribution is 5.68. The topological polar surface area (TPSA) is 101 Å². The molecule has 0 radical (unpaired) electrons. The molecule has 7 nitrogen and oxygen atoms in total. The predicted octanol–water partition coefficient (Wildman–Crippen LogP) is 2.17. The van der Waals surface area contributed by atoms with E-state index in [1.807, 2.05) is 0 Å². The fraction of sp³-hybridized carbons (Fsp3) is 0.467. The average molecular weight is 362 g/mol. The van der Waals surface area contributed by atoms with Crippen LogP contribution in [0.4, 0.5) is 22.8 Å². The Kier molecular flexibility index (Phi) is 5.41. The van der Waals surface area contributed by atoms with E-state index >= 15 is 0 Å². The quantitative estimate of drug-likeness (QED) is 0.765. The molecular formula is C15H17F3N2O5. The number of hydrogen-bond acceptors (Lipinski definition) is 3. The molecule has 1 fully saturated rings. The summed E-state index contributed by atoms with van der Waals surface area (Å²) in [5.41, 5.74) is 0.226. The van der Waals surface area contributed by atoms with Crippen molar-refractivity contribution in [3.05, 3.63) is 35.4 Å². The second-order valence-electron chi connectivity index (χ2n) is 5.75. The van der Waals surface area contributed by atoms with E-state index in [-0.39, 0.29) is 31.6 Å². The molecule has 25 heavy (non-hydrogen) atoms. The summed E-state index contributed by atoms with van der Waals surface area (Å²) in [5.74, 6) is 0. The van der Waals surface area contributed by atoms with Gasteiger partial charge in [-0.25, -0.2) is 9.59 Å². The van der Waals surface area contributed by atoms with Gasteiger partial charge in [0.25, 0.3) is 0 Å². The van der Waals surface area contributed by atoms with Crippen molar-refractivity contribution in [1.29, 1.82) is 0 Å². The van der Waals surface area contributed by atoms with E-state index in [0.717, 1.165) is 21.9 Å². The molecule has 1 unspecified atom stereocenters. The lowest BCUT2D eigenvalue weighted by Gasteiger charge is -2.38. The van der Waals surface area contributed by atoms with Gasteiger partial charge in [0.05, 0.1) is 6.04 Å². The van der Waals surface area contributed by atoms with Crippen LogP contribution >= 0.6 is 0 Å². The van der Waals surface area contributed by atoms with Gasteiger partial charge in [0.1, 0.15) is 0 Å². The Hall–Kier alpha value is -2.49. The lowest BCUT2D eigenvalue weighted by atomic mass is 10.00. The lowest BCUT2D eigenvalue weighted by Crippen LogP contribution is -2.56. The molecule has 1 saturated heterocycles. The first-order valence-corrected chi connectivity index (χ1v) is 7.40. The average Bonchev–Trinajstić information content (AvgIpc) is 2.53. The van der Waals surface area contributed by atoms with Gasteiger partial charge in [-0.05, 0) is 17.5 Å². The van der Waals surface area contributed by atoms with Gasteiger partial charge in [-0.1, -0.05) is 24.3 Å². The summed E-state index contributed by atoms with van der Waals surface area (Å²) in [6.07, 6.45) is -9.54. The third kappa shape index (κ3) is 4.53. The van der Waals surface area contributed by atoms with Gasteiger partial charge in [0, 0.05) is 19.6 Å². The third-order valence-corrected chi connectivity index (χ3v) is 4.08.